The van der Waals surface area contributed by atoms with Crippen molar-refractivity contribution in [3.05, 3.63) is 75.0 Å². The van der Waals surface area contributed by atoms with Crippen molar-refractivity contribution in [2.45, 2.75) is 37.3 Å². The van der Waals surface area contributed by atoms with E-state index >= 15 is 4.39 Å². The SMILES string of the molecule is COC(=O)c1cc(F)c(-c2cccc3c2OCN(C(=O)c2c(Cl)cc(N4CC(OC)(OC)C4)cc2Cl)C3)cc1N1C2CCC1COC2. The van der Waals surface area contributed by atoms with Crippen LogP contribution in [-0.2, 0) is 25.5 Å². The van der Waals surface area contributed by atoms with Gasteiger partial charge in [-0.15, -0.1) is 0 Å². The number of benzene rings is 3. The van der Waals surface area contributed by atoms with E-state index in [1.54, 1.807) is 44.6 Å². The number of carbonyl (C=O) groups excluding carboxylic acids is 2. The van der Waals surface area contributed by atoms with Gasteiger partial charge in [0.1, 0.15) is 11.6 Å². The summed E-state index contributed by atoms with van der Waals surface area (Å²) in [5.74, 6) is -1.82. The molecule has 1 amide bonds. The lowest BCUT2D eigenvalue weighted by Crippen LogP contribution is -2.64. The molecule has 3 aromatic carbocycles. The summed E-state index contributed by atoms with van der Waals surface area (Å²) in [7, 11) is 4.47. The zero-order valence-electron chi connectivity index (χ0n) is 26.2. The number of methoxy groups -OCH3 is 3. The van der Waals surface area contributed by atoms with Gasteiger partial charge in [-0.2, -0.15) is 0 Å². The van der Waals surface area contributed by atoms with Gasteiger partial charge in [-0.3, -0.25) is 4.79 Å². The number of hydrogen-bond donors (Lipinski definition) is 0. The van der Waals surface area contributed by atoms with Crippen molar-refractivity contribution in [2.24, 2.45) is 0 Å². The summed E-state index contributed by atoms with van der Waals surface area (Å²) in [6.45, 7) is 2.13. The van der Waals surface area contributed by atoms with Crippen LogP contribution in [0.25, 0.3) is 11.1 Å². The van der Waals surface area contributed by atoms with Gasteiger partial charge in [0.25, 0.3) is 5.91 Å². The molecule has 0 aromatic heterocycles. The molecule has 47 heavy (non-hydrogen) atoms. The van der Waals surface area contributed by atoms with Crippen molar-refractivity contribution < 1.29 is 37.7 Å². The summed E-state index contributed by atoms with van der Waals surface area (Å²) >= 11 is 13.3. The summed E-state index contributed by atoms with van der Waals surface area (Å²) in [4.78, 5) is 32.2. The molecule has 0 spiro atoms. The second-order valence-electron chi connectivity index (χ2n) is 12.2. The fourth-order valence-electron chi connectivity index (χ4n) is 7.06. The number of morpholine rings is 1. The maximum absolute atomic E-state index is 15.9. The third kappa shape index (κ3) is 5.47. The Balaban J connectivity index is 1.17. The van der Waals surface area contributed by atoms with Crippen molar-refractivity contribution in [1.29, 1.82) is 0 Å². The zero-order valence-corrected chi connectivity index (χ0v) is 27.7. The van der Waals surface area contributed by atoms with E-state index in [0.717, 1.165) is 18.5 Å². The van der Waals surface area contributed by atoms with E-state index < -0.39 is 23.5 Å². The molecule has 2 bridgehead atoms. The number of anilines is 2. The molecule has 0 saturated carbocycles. The van der Waals surface area contributed by atoms with Gasteiger partial charge in [0.15, 0.2) is 6.73 Å². The van der Waals surface area contributed by atoms with Gasteiger partial charge in [-0.25, -0.2) is 9.18 Å². The minimum Gasteiger partial charge on any atom is -0.472 e. The molecular formula is C34H34Cl2FN3O7. The lowest BCUT2D eigenvalue weighted by atomic mass is 9.96. The molecule has 13 heteroatoms. The van der Waals surface area contributed by atoms with Crippen LogP contribution in [0.1, 0.15) is 39.1 Å². The number of para-hydroxylation sites is 1. The quantitative estimate of drug-likeness (QED) is 0.228. The van der Waals surface area contributed by atoms with Gasteiger partial charge < -0.3 is 38.4 Å². The lowest BCUT2D eigenvalue weighted by molar-refractivity contribution is -0.219. The Hall–Kier alpha value is -3.61. The van der Waals surface area contributed by atoms with Crippen molar-refractivity contribution in [2.75, 3.05) is 64.2 Å². The van der Waals surface area contributed by atoms with E-state index in [-0.39, 0.29) is 52.1 Å². The largest absolute Gasteiger partial charge is 0.472 e. The topological polar surface area (TPSA) is 90.0 Å². The Morgan fingerprint density at radius 1 is 0.957 bits per heavy atom. The fraction of sp³-hybridized carbons (Fsp3) is 0.412. The second kappa shape index (κ2) is 12.4. The lowest BCUT2D eigenvalue weighted by Gasteiger charge is -2.48. The van der Waals surface area contributed by atoms with E-state index in [0.29, 0.717) is 48.9 Å². The molecule has 7 rings (SSSR count). The van der Waals surface area contributed by atoms with Crippen LogP contribution in [0.2, 0.25) is 10.0 Å². The maximum atomic E-state index is 15.9. The molecule has 0 radical (unpaired) electrons. The number of amides is 1. The van der Waals surface area contributed by atoms with Crippen LogP contribution in [0, 0.1) is 5.82 Å². The summed E-state index contributed by atoms with van der Waals surface area (Å²) in [6.07, 6.45) is 1.84. The average Bonchev–Trinajstić information content (AvgIpc) is 3.30. The first kappa shape index (κ1) is 32.0. The minimum absolute atomic E-state index is 0.0823. The molecule has 248 valence electrons. The average molecular weight is 687 g/mol. The third-order valence-electron chi connectivity index (χ3n) is 9.62. The summed E-state index contributed by atoms with van der Waals surface area (Å²) < 4.78 is 43.7. The van der Waals surface area contributed by atoms with Gasteiger partial charge in [0.05, 0.1) is 78.9 Å². The highest BCUT2D eigenvalue weighted by Gasteiger charge is 2.44. The summed E-state index contributed by atoms with van der Waals surface area (Å²) in [5, 5.41) is 0.420. The van der Waals surface area contributed by atoms with Crippen molar-refractivity contribution >= 4 is 46.5 Å². The molecule has 0 N–H and O–H groups in total. The van der Waals surface area contributed by atoms with Gasteiger partial charge in [0.2, 0.25) is 5.79 Å². The van der Waals surface area contributed by atoms with Crippen molar-refractivity contribution in [3.8, 4) is 16.9 Å². The van der Waals surface area contributed by atoms with Crippen LogP contribution in [0.5, 0.6) is 5.75 Å². The highest BCUT2D eigenvalue weighted by atomic mass is 35.5. The van der Waals surface area contributed by atoms with E-state index in [1.165, 1.54) is 18.1 Å². The van der Waals surface area contributed by atoms with Gasteiger partial charge in [0, 0.05) is 36.6 Å². The van der Waals surface area contributed by atoms with Crippen LogP contribution in [0.4, 0.5) is 15.8 Å². The van der Waals surface area contributed by atoms with Gasteiger partial charge in [-0.05, 0) is 37.1 Å². The van der Waals surface area contributed by atoms with Gasteiger partial charge >= 0.3 is 5.97 Å². The predicted molar refractivity (Wildman–Crippen MR) is 174 cm³/mol. The normalized spacial score (nSPS) is 21.2. The van der Waals surface area contributed by atoms with Gasteiger partial charge in [-0.1, -0.05) is 41.4 Å². The Labute approximate surface area is 281 Å². The summed E-state index contributed by atoms with van der Waals surface area (Å²) in [5.41, 5.74) is 3.18. The molecule has 4 aliphatic heterocycles. The number of hydrogen-bond acceptors (Lipinski definition) is 9. The molecule has 3 fully saturated rings. The first-order valence-corrected chi connectivity index (χ1v) is 16.1. The second-order valence-corrected chi connectivity index (χ2v) is 13.0. The maximum Gasteiger partial charge on any atom is 0.340 e. The first-order valence-electron chi connectivity index (χ1n) is 15.3. The molecule has 4 aliphatic rings. The monoisotopic (exact) mass is 685 g/mol. The molecule has 0 aliphatic carbocycles. The van der Waals surface area contributed by atoms with Crippen LogP contribution in [0.3, 0.4) is 0 Å². The molecule has 4 heterocycles. The number of nitrogens with zero attached hydrogens (tertiary/aromatic N) is 3. The van der Waals surface area contributed by atoms with E-state index in [2.05, 4.69) is 4.90 Å². The molecule has 3 aromatic rings. The Bertz CT molecular complexity index is 1710. The minimum atomic E-state index is -0.694. The summed E-state index contributed by atoms with van der Waals surface area (Å²) in [6, 6.07) is 11.9. The third-order valence-corrected chi connectivity index (χ3v) is 10.2. The molecular weight excluding hydrogens is 652 g/mol. The van der Waals surface area contributed by atoms with Crippen LogP contribution in [-0.4, -0.2) is 89.0 Å². The Kier molecular flexibility index (Phi) is 8.46. The first-order chi connectivity index (χ1) is 22.7. The molecule has 3 saturated heterocycles. The van der Waals surface area contributed by atoms with Crippen LogP contribution < -0.4 is 14.5 Å². The zero-order chi connectivity index (χ0) is 33.0. The number of halogens is 3. The Morgan fingerprint density at radius 2 is 1.64 bits per heavy atom. The number of fused-ring (bicyclic) bond motifs is 3. The number of ether oxygens (including phenoxy) is 5. The number of esters is 1. The molecule has 10 nitrogen and oxygen atoms in total. The predicted octanol–water partition coefficient (Wildman–Crippen LogP) is 5.76. The smallest absolute Gasteiger partial charge is 0.340 e. The standard InChI is InChI=1S/C34H34Cl2FN3O7/c1-43-33(42)25-11-28(37)24(12-29(25)40-20-7-8-21(40)15-46-14-20)23-6-4-5-19-13-38(18-47-31(19)23)32(41)30-26(35)9-22(10-27(30)36)39-16-34(17-39,44-2)45-3/h4-6,9-12,20-21H,7-8,13-18H2,1-3H3. The van der Waals surface area contributed by atoms with E-state index in [1.807, 2.05) is 11.0 Å². The number of carbonyl (C=O) groups is 2. The fourth-order valence-corrected chi connectivity index (χ4v) is 7.69. The van der Waals surface area contributed by atoms with Crippen molar-refractivity contribution in [1.82, 2.24) is 4.90 Å². The van der Waals surface area contributed by atoms with Crippen LogP contribution >= 0.6 is 23.2 Å². The highest BCUT2D eigenvalue weighted by molar-refractivity contribution is 6.40. The highest BCUT2D eigenvalue weighted by Crippen LogP contribution is 2.44. The van der Waals surface area contributed by atoms with E-state index in [4.69, 9.17) is 46.9 Å². The molecule has 2 unspecified atom stereocenters. The van der Waals surface area contributed by atoms with Crippen molar-refractivity contribution in [3.63, 3.8) is 0 Å². The number of rotatable bonds is 7. The van der Waals surface area contributed by atoms with E-state index in [9.17, 15) is 9.59 Å². The van der Waals surface area contributed by atoms with Crippen LogP contribution in [0.15, 0.2) is 42.5 Å². The molecule has 2 atom stereocenters. The Morgan fingerprint density at radius 3 is 2.28 bits per heavy atom.